The Morgan fingerprint density at radius 2 is 1.94 bits per heavy atom. The summed E-state index contributed by atoms with van der Waals surface area (Å²) in [5.74, 6) is 6.90. The van der Waals surface area contributed by atoms with Crippen LogP contribution in [0, 0.1) is 11.8 Å². The van der Waals surface area contributed by atoms with Crippen molar-refractivity contribution >= 4 is 5.96 Å². The van der Waals surface area contributed by atoms with Gasteiger partial charge in [-0.05, 0) is 5.56 Å². The molecule has 1 heterocycles. The largest absolute Gasteiger partial charge is 0.369 e. The molecule has 0 bridgehead atoms. The second kappa shape index (κ2) is 4.59. The highest BCUT2D eigenvalue weighted by Crippen LogP contribution is 2.48. The molecule has 2 atom stereocenters. The van der Waals surface area contributed by atoms with Crippen LogP contribution in [-0.2, 0) is 6.54 Å². The number of fused-ring (bicyclic) bond motifs is 1. The first-order chi connectivity index (χ1) is 8.78. The third-order valence-corrected chi connectivity index (χ3v) is 3.91. The van der Waals surface area contributed by atoms with Gasteiger partial charge in [-0.3, -0.25) is 10.3 Å². The van der Waals surface area contributed by atoms with Crippen LogP contribution in [0.1, 0.15) is 5.56 Å². The van der Waals surface area contributed by atoms with E-state index in [9.17, 15) is 0 Å². The first-order valence-corrected chi connectivity index (χ1v) is 6.34. The Kier molecular flexibility index (Phi) is 2.93. The summed E-state index contributed by atoms with van der Waals surface area (Å²) in [4.78, 5) is 6.85. The molecule has 1 saturated heterocycles. The van der Waals surface area contributed by atoms with E-state index in [1.165, 1.54) is 5.56 Å². The Morgan fingerprint density at radius 1 is 1.28 bits per heavy atom. The van der Waals surface area contributed by atoms with E-state index in [1.807, 2.05) is 0 Å². The lowest BCUT2D eigenvalue weighted by molar-refractivity contribution is 0.290. The number of nitrogens with two attached hydrogens (primary N) is 2. The van der Waals surface area contributed by atoms with Crippen molar-refractivity contribution in [3.05, 3.63) is 35.9 Å². The van der Waals surface area contributed by atoms with Gasteiger partial charge in [0.2, 0.25) is 5.96 Å². The molecule has 1 saturated carbocycles. The Hall–Kier alpha value is -1.59. The van der Waals surface area contributed by atoms with E-state index in [1.54, 1.807) is 0 Å². The van der Waals surface area contributed by atoms with Crippen molar-refractivity contribution < 1.29 is 0 Å². The standard InChI is InChI=1S/C13H19N5/c14-13(17-15)16-12-10-7-18(8-11(10)12)6-9-4-2-1-3-5-9/h1-5,10-12H,6-8,15H2,(H3,14,16,17). The molecule has 5 heteroatoms. The highest BCUT2D eigenvalue weighted by Gasteiger charge is 2.55. The van der Waals surface area contributed by atoms with Crippen molar-refractivity contribution in [1.82, 2.24) is 10.3 Å². The molecule has 1 aliphatic carbocycles. The van der Waals surface area contributed by atoms with E-state index < -0.39 is 0 Å². The summed E-state index contributed by atoms with van der Waals surface area (Å²) in [6.45, 7) is 3.27. The van der Waals surface area contributed by atoms with Crippen LogP contribution in [0.25, 0.3) is 0 Å². The number of rotatable bonds is 3. The zero-order valence-corrected chi connectivity index (χ0v) is 10.3. The van der Waals surface area contributed by atoms with Gasteiger partial charge in [0, 0.05) is 31.5 Å². The van der Waals surface area contributed by atoms with Crippen LogP contribution in [0.3, 0.4) is 0 Å². The fourth-order valence-corrected chi connectivity index (χ4v) is 2.94. The number of hydrogen-bond acceptors (Lipinski definition) is 3. The van der Waals surface area contributed by atoms with Crippen molar-refractivity contribution in [3.8, 4) is 0 Å². The highest BCUT2D eigenvalue weighted by molar-refractivity contribution is 5.77. The van der Waals surface area contributed by atoms with Crippen LogP contribution in [0.15, 0.2) is 35.3 Å². The number of guanidine groups is 1. The number of likely N-dealkylation sites (tertiary alicyclic amines) is 1. The van der Waals surface area contributed by atoms with Gasteiger partial charge < -0.3 is 5.73 Å². The molecule has 5 nitrogen and oxygen atoms in total. The summed E-state index contributed by atoms with van der Waals surface area (Å²) < 4.78 is 0. The molecular formula is C13H19N5. The minimum absolute atomic E-state index is 0.351. The molecule has 0 radical (unpaired) electrons. The third-order valence-electron chi connectivity index (χ3n) is 3.91. The van der Waals surface area contributed by atoms with Gasteiger partial charge >= 0.3 is 0 Å². The van der Waals surface area contributed by atoms with E-state index in [4.69, 9.17) is 11.6 Å². The Labute approximate surface area is 107 Å². The van der Waals surface area contributed by atoms with Gasteiger partial charge in [-0.25, -0.2) is 10.8 Å². The minimum Gasteiger partial charge on any atom is -0.369 e. The fourth-order valence-electron chi connectivity index (χ4n) is 2.94. The Morgan fingerprint density at radius 3 is 2.56 bits per heavy atom. The maximum absolute atomic E-state index is 5.58. The van der Waals surface area contributed by atoms with E-state index in [0.29, 0.717) is 23.8 Å². The maximum Gasteiger partial charge on any atom is 0.203 e. The molecule has 0 aromatic heterocycles. The molecule has 3 rings (SSSR count). The zero-order valence-electron chi connectivity index (χ0n) is 10.3. The number of hydrazine groups is 1. The second-order valence-corrected chi connectivity index (χ2v) is 5.16. The molecule has 1 aliphatic heterocycles. The van der Waals surface area contributed by atoms with Gasteiger partial charge in [0.25, 0.3) is 0 Å². The van der Waals surface area contributed by atoms with Crippen molar-refractivity contribution in [3.63, 3.8) is 0 Å². The van der Waals surface area contributed by atoms with Crippen LogP contribution in [-0.4, -0.2) is 30.0 Å². The summed E-state index contributed by atoms with van der Waals surface area (Å²) >= 11 is 0. The number of aliphatic imine (C=N–C) groups is 1. The Bertz CT molecular complexity index is 432. The van der Waals surface area contributed by atoms with Crippen LogP contribution in [0.5, 0.6) is 0 Å². The van der Waals surface area contributed by atoms with E-state index in [-0.39, 0.29) is 0 Å². The molecule has 96 valence electrons. The first-order valence-electron chi connectivity index (χ1n) is 6.34. The molecule has 0 spiro atoms. The summed E-state index contributed by atoms with van der Waals surface area (Å²) in [7, 11) is 0. The summed E-state index contributed by atoms with van der Waals surface area (Å²) in [6.07, 6.45) is 0. The van der Waals surface area contributed by atoms with E-state index >= 15 is 0 Å². The number of benzene rings is 1. The van der Waals surface area contributed by atoms with Crippen LogP contribution < -0.4 is 17.0 Å². The van der Waals surface area contributed by atoms with Crippen molar-refractivity contribution in [2.24, 2.45) is 28.4 Å². The monoisotopic (exact) mass is 245 g/mol. The number of nitrogens with zero attached hydrogens (tertiary/aromatic N) is 2. The predicted molar refractivity (Wildman–Crippen MR) is 71.4 cm³/mol. The molecule has 2 aliphatic rings. The molecule has 1 aromatic carbocycles. The molecule has 2 unspecified atom stereocenters. The minimum atomic E-state index is 0.351. The number of nitrogens with one attached hydrogen (secondary N) is 1. The third kappa shape index (κ3) is 2.19. The van der Waals surface area contributed by atoms with Gasteiger partial charge in [0.15, 0.2) is 0 Å². The van der Waals surface area contributed by atoms with Crippen molar-refractivity contribution in [2.75, 3.05) is 13.1 Å². The van der Waals surface area contributed by atoms with Crippen LogP contribution in [0.2, 0.25) is 0 Å². The molecule has 0 amide bonds. The lowest BCUT2D eigenvalue weighted by atomic mass is 10.2. The summed E-state index contributed by atoms with van der Waals surface area (Å²) in [5, 5.41) is 0. The molecule has 18 heavy (non-hydrogen) atoms. The fraction of sp³-hybridized carbons (Fsp3) is 0.462. The van der Waals surface area contributed by atoms with Gasteiger partial charge in [-0.2, -0.15) is 0 Å². The zero-order chi connectivity index (χ0) is 12.5. The lowest BCUT2D eigenvalue weighted by Gasteiger charge is -2.18. The van der Waals surface area contributed by atoms with E-state index in [2.05, 4.69) is 45.6 Å². The van der Waals surface area contributed by atoms with Crippen LogP contribution >= 0.6 is 0 Å². The van der Waals surface area contributed by atoms with Crippen LogP contribution in [0.4, 0.5) is 0 Å². The molecule has 5 N–H and O–H groups in total. The highest BCUT2D eigenvalue weighted by atomic mass is 15.3. The summed E-state index contributed by atoms with van der Waals surface area (Å²) in [5.41, 5.74) is 9.34. The van der Waals surface area contributed by atoms with Gasteiger partial charge in [0.1, 0.15) is 0 Å². The van der Waals surface area contributed by atoms with Gasteiger partial charge in [0.05, 0.1) is 6.04 Å². The average Bonchev–Trinajstić information content (AvgIpc) is 2.85. The Balaban J connectivity index is 1.52. The second-order valence-electron chi connectivity index (χ2n) is 5.16. The lowest BCUT2D eigenvalue weighted by Crippen LogP contribution is -2.37. The normalized spacial score (nSPS) is 31.2. The number of piperidine rings is 1. The topological polar surface area (TPSA) is 79.7 Å². The molecule has 2 fully saturated rings. The molecular weight excluding hydrogens is 226 g/mol. The SMILES string of the molecule is NNC(N)=NC1C2CN(Cc3ccccc3)CC21. The van der Waals surface area contributed by atoms with Gasteiger partial charge in [-0.1, -0.05) is 30.3 Å². The smallest absolute Gasteiger partial charge is 0.203 e. The predicted octanol–water partition coefficient (Wildman–Crippen LogP) is -0.105. The average molecular weight is 245 g/mol. The molecule has 1 aromatic rings. The first kappa shape index (κ1) is 11.5. The van der Waals surface area contributed by atoms with Crippen molar-refractivity contribution in [2.45, 2.75) is 12.6 Å². The van der Waals surface area contributed by atoms with Crippen molar-refractivity contribution in [1.29, 1.82) is 0 Å². The van der Waals surface area contributed by atoms with Gasteiger partial charge in [-0.15, -0.1) is 0 Å². The maximum atomic E-state index is 5.58. The van der Waals surface area contributed by atoms with E-state index in [0.717, 1.165) is 19.6 Å². The summed E-state index contributed by atoms with van der Waals surface area (Å²) in [6, 6.07) is 11.0. The number of hydrogen-bond donors (Lipinski definition) is 3. The quantitative estimate of drug-likeness (QED) is 0.300.